The van der Waals surface area contributed by atoms with Crippen LogP contribution in [0.15, 0.2) is 37.4 Å². The van der Waals surface area contributed by atoms with Crippen molar-refractivity contribution in [1.82, 2.24) is 34.2 Å². The van der Waals surface area contributed by atoms with Crippen LogP contribution in [-0.2, 0) is 4.79 Å². The molecule has 0 bridgehead atoms. The Morgan fingerprint density at radius 2 is 2.06 bits per heavy atom. The quantitative estimate of drug-likeness (QED) is 0.350. The molecule has 1 aromatic carbocycles. The van der Waals surface area contributed by atoms with E-state index in [1.54, 1.807) is 17.1 Å². The summed E-state index contributed by atoms with van der Waals surface area (Å²) in [4.78, 5) is 26.4. The van der Waals surface area contributed by atoms with Gasteiger partial charge in [-0.25, -0.2) is 28.4 Å². The van der Waals surface area contributed by atoms with Crippen LogP contribution in [-0.4, -0.2) is 59.4 Å². The van der Waals surface area contributed by atoms with E-state index in [0.29, 0.717) is 29.0 Å². The zero-order chi connectivity index (χ0) is 25.0. The molecule has 4 heterocycles. The van der Waals surface area contributed by atoms with Crippen molar-refractivity contribution >= 4 is 33.8 Å². The lowest BCUT2D eigenvalue weighted by Gasteiger charge is -2.20. The van der Waals surface area contributed by atoms with Gasteiger partial charge in [-0.1, -0.05) is 12.5 Å². The van der Waals surface area contributed by atoms with Gasteiger partial charge in [-0.3, -0.25) is 4.79 Å². The van der Waals surface area contributed by atoms with E-state index >= 15 is 0 Å². The number of benzene rings is 1. The summed E-state index contributed by atoms with van der Waals surface area (Å²) in [5.74, 6) is 5.15. The summed E-state index contributed by atoms with van der Waals surface area (Å²) in [5.41, 5.74) is 8.42. The smallest absolute Gasteiger partial charge is 0.246 e. The summed E-state index contributed by atoms with van der Waals surface area (Å²) in [6.07, 6.45) is 6.70. The summed E-state index contributed by atoms with van der Waals surface area (Å²) in [5, 5.41) is 5.02. The van der Waals surface area contributed by atoms with Crippen LogP contribution in [0, 0.1) is 17.7 Å². The number of hydrogen-bond donors (Lipinski definition) is 1. The lowest BCUT2D eigenvalue weighted by atomic mass is 10.1. The number of carbonyl (C=O) groups is 1. The molecular formula is C25H22F2N8O. The molecule has 2 aliphatic rings. The second-order valence-electron chi connectivity index (χ2n) is 9.10. The molecule has 6 rings (SSSR count). The maximum absolute atomic E-state index is 14.9. The number of nitrogen functional groups attached to an aromatic ring is 1. The Labute approximate surface area is 204 Å². The van der Waals surface area contributed by atoms with Gasteiger partial charge in [-0.05, 0) is 37.3 Å². The van der Waals surface area contributed by atoms with E-state index in [0.717, 1.165) is 18.4 Å². The molecule has 1 saturated carbocycles. The van der Waals surface area contributed by atoms with Crippen molar-refractivity contribution in [3.63, 3.8) is 0 Å². The van der Waals surface area contributed by atoms with Gasteiger partial charge in [0.05, 0.1) is 40.4 Å². The van der Waals surface area contributed by atoms with Crippen molar-refractivity contribution in [1.29, 1.82) is 0 Å². The molecule has 2 atom stereocenters. The molecule has 11 heteroatoms. The van der Waals surface area contributed by atoms with E-state index in [1.807, 2.05) is 4.57 Å². The van der Waals surface area contributed by atoms with Gasteiger partial charge >= 0.3 is 0 Å². The third-order valence-electron chi connectivity index (χ3n) is 6.81. The molecule has 1 aliphatic heterocycles. The molecule has 9 nitrogen and oxygen atoms in total. The molecule has 1 saturated heterocycles. The van der Waals surface area contributed by atoms with Crippen LogP contribution < -0.4 is 5.73 Å². The largest absolute Gasteiger partial charge is 0.383 e. The number of imidazole rings is 1. The van der Waals surface area contributed by atoms with Crippen molar-refractivity contribution < 1.29 is 13.6 Å². The number of anilines is 1. The Balaban J connectivity index is 1.40. The summed E-state index contributed by atoms with van der Waals surface area (Å²) in [6, 6.07) is 2.53. The van der Waals surface area contributed by atoms with Crippen molar-refractivity contribution in [2.24, 2.45) is 0 Å². The Morgan fingerprint density at radius 1 is 1.22 bits per heavy atom. The fraction of sp³-hybridized carbons (Fsp3) is 0.320. The molecule has 4 aromatic rings. The number of rotatable bonds is 4. The fourth-order valence-electron chi connectivity index (χ4n) is 4.85. The number of halogens is 2. The molecule has 182 valence electrons. The highest BCUT2D eigenvalue weighted by molar-refractivity contribution is 5.91. The third kappa shape index (κ3) is 3.57. The molecule has 0 spiro atoms. The highest BCUT2D eigenvalue weighted by Crippen LogP contribution is 2.37. The number of amides is 1. The highest BCUT2D eigenvalue weighted by atomic mass is 19.1. The van der Waals surface area contributed by atoms with Gasteiger partial charge in [0.25, 0.3) is 0 Å². The minimum Gasteiger partial charge on any atom is -0.383 e. The zero-order valence-corrected chi connectivity index (χ0v) is 19.2. The lowest BCUT2D eigenvalue weighted by molar-refractivity contribution is -0.127. The first-order chi connectivity index (χ1) is 17.5. The topological polar surface area (TPSA) is 108 Å². The minimum atomic E-state index is -0.683. The van der Waals surface area contributed by atoms with Gasteiger partial charge in [0, 0.05) is 18.7 Å². The maximum atomic E-state index is 14.9. The highest BCUT2D eigenvalue weighted by Gasteiger charge is 2.37. The van der Waals surface area contributed by atoms with Crippen LogP contribution >= 0.6 is 0 Å². The molecule has 0 radical (unpaired) electrons. The molecule has 0 unspecified atom stereocenters. The first kappa shape index (κ1) is 22.2. The van der Waals surface area contributed by atoms with Gasteiger partial charge in [0.2, 0.25) is 5.91 Å². The normalized spacial score (nSPS) is 19.6. The van der Waals surface area contributed by atoms with Crippen LogP contribution in [0.25, 0.3) is 22.1 Å². The van der Waals surface area contributed by atoms with Gasteiger partial charge in [0.1, 0.15) is 30.3 Å². The van der Waals surface area contributed by atoms with E-state index in [4.69, 9.17) is 5.73 Å². The van der Waals surface area contributed by atoms with E-state index in [-0.39, 0.29) is 35.6 Å². The van der Waals surface area contributed by atoms with Crippen molar-refractivity contribution in [3.05, 3.63) is 54.5 Å². The number of alkyl halides is 1. The Hall–Kier alpha value is -4.33. The van der Waals surface area contributed by atoms with E-state index < -0.39 is 18.5 Å². The molecule has 3 aromatic heterocycles. The van der Waals surface area contributed by atoms with Crippen LogP contribution in [0.3, 0.4) is 0 Å². The van der Waals surface area contributed by atoms with Crippen LogP contribution in [0.5, 0.6) is 0 Å². The van der Waals surface area contributed by atoms with Crippen LogP contribution in [0.1, 0.15) is 42.6 Å². The van der Waals surface area contributed by atoms with Gasteiger partial charge in [-0.2, -0.15) is 5.10 Å². The number of aromatic nitrogens is 6. The van der Waals surface area contributed by atoms with E-state index in [2.05, 4.69) is 38.5 Å². The second-order valence-corrected chi connectivity index (χ2v) is 9.10. The van der Waals surface area contributed by atoms with Crippen molar-refractivity contribution in [3.8, 4) is 11.8 Å². The number of nitrogens with two attached hydrogens (primary N) is 1. The molecule has 36 heavy (non-hydrogen) atoms. The number of fused-ring (bicyclic) bond motifs is 2. The number of hydrogen-bond acceptors (Lipinski definition) is 6. The van der Waals surface area contributed by atoms with Gasteiger partial charge < -0.3 is 15.2 Å². The Bertz CT molecular complexity index is 1590. The lowest BCUT2D eigenvalue weighted by Crippen LogP contribution is -2.35. The van der Waals surface area contributed by atoms with Gasteiger partial charge in [-0.15, -0.1) is 0 Å². The molecule has 2 N–H and O–H groups in total. The predicted octanol–water partition coefficient (Wildman–Crippen LogP) is 2.93. The third-order valence-corrected chi connectivity index (χ3v) is 6.81. The SMILES string of the molecule is C=CC(=O)N1C[C@@H](n2nc(C#Cc3cc4ncn(C5CC5)c4cc3F)c3c(N)ncnc32)C[C@@H]1CF. The Morgan fingerprint density at radius 3 is 2.81 bits per heavy atom. The number of likely N-dealkylation sites (tertiary alicyclic amines) is 1. The number of nitrogens with zero attached hydrogens (tertiary/aromatic N) is 7. The minimum absolute atomic E-state index is 0.175. The average Bonchev–Trinajstić information content (AvgIpc) is 3.33. The summed E-state index contributed by atoms with van der Waals surface area (Å²) < 4.78 is 32.2. The van der Waals surface area contributed by atoms with E-state index in [1.165, 1.54) is 23.4 Å². The van der Waals surface area contributed by atoms with Crippen LogP contribution in [0.2, 0.25) is 0 Å². The summed E-state index contributed by atoms with van der Waals surface area (Å²) in [7, 11) is 0. The Kier molecular flexibility index (Phi) is 5.17. The summed E-state index contributed by atoms with van der Waals surface area (Å²) >= 11 is 0. The fourth-order valence-corrected chi connectivity index (χ4v) is 4.85. The second kappa shape index (κ2) is 8.41. The summed E-state index contributed by atoms with van der Waals surface area (Å²) in [6.45, 7) is 3.06. The maximum Gasteiger partial charge on any atom is 0.246 e. The average molecular weight is 489 g/mol. The molecule has 2 fully saturated rings. The van der Waals surface area contributed by atoms with E-state index in [9.17, 15) is 13.6 Å². The van der Waals surface area contributed by atoms with Crippen LogP contribution in [0.4, 0.5) is 14.6 Å². The first-order valence-electron chi connectivity index (χ1n) is 11.6. The van der Waals surface area contributed by atoms with Gasteiger partial charge in [0.15, 0.2) is 5.65 Å². The zero-order valence-electron chi connectivity index (χ0n) is 19.2. The standard InChI is InChI=1S/C25H22F2N8O/c1-2-22(36)33-11-17(8-16(33)10-26)35-25-23(24(28)29-12-30-25)19(32-35)6-3-14-7-20-21(9-18(14)27)34(13-31-20)15-4-5-15/h2,7,9,12-13,15-17H,1,4-5,8,10-11H2,(H2,28,29,30)/t16-,17+/m1/s1. The van der Waals surface area contributed by atoms with Crippen molar-refractivity contribution in [2.45, 2.75) is 37.4 Å². The molecule has 1 aliphatic carbocycles. The molecule has 1 amide bonds. The molecular weight excluding hydrogens is 466 g/mol. The monoisotopic (exact) mass is 488 g/mol. The first-order valence-corrected chi connectivity index (χ1v) is 11.6. The van der Waals surface area contributed by atoms with Crippen molar-refractivity contribution in [2.75, 3.05) is 19.0 Å². The number of carbonyl (C=O) groups excluding carboxylic acids is 1. The predicted molar refractivity (Wildman–Crippen MR) is 129 cm³/mol.